The summed E-state index contributed by atoms with van der Waals surface area (Å²) in [5, 5.41) is 10.3. The van der Waals surface area contributed by atoms with Gasteiger partial charge in [0, 0.05) is 19.2 Å². The number of benzene rings is 1. The standard InChI is InChI=1S/C11H11ClN4O5S/c1-15-6-13-11(10(15)12)22(19,20)14-8-5-7(16(17)18)3-4-9(8)21-2/h3-6,14H,1-2H3. The maximum absolute atomic E-state index is 12.3. The van der Waals surface area contributed by atoms with Gasteiger partial charge in [-0.05, 0) is 6.07 Å². The normalized spacial score (nSPS) is 11.2. The zero-order valence-corrected chi connectivity index (χ0v) is 13.1. The minimum Gasteiger partial charge on any atom is -0.495 e. The summed E-state index contributed by atoms with van der Waals surface area (Å²) < 4.78 is 33.1. The van der Waals surface area contributed by atoms with Crippen LogP contribution >= 0.6 is 11.6 Å². The molecule has 22 heavy (non-hydrogen) atoms. The number of methoxy groups -OCH3 is 1. The number of nitrogens with zero attached hydrogens (tertiary/aromatic N) is 3. The molecule has 118 valence electrons. The summed E-state index contributed by atoms with van der Waals surface area (Å²) in [5.74, 6) is 0.126. The van der Waals surface area contributed by atoms with Crippen LogP contribution in [0.1, 0.15) is 0 Å². The highest BCUT2D eigenvalue weighted by atomic mass is 35.5. The summed E-state index contributed by atoms with van der Waals surface area (Å²) in [6, 6.07) is 3.54. The van der Waals surface area contributed by atoms with Crippen molar-refractivity contribution >= 4 is 33.0 Å². The Morgan fingerprint density at radius 3 is 2.64 bits per heavy atom. The minimum absolute atomic E-state index is 0.0848. The van der Waals surface area contributed by atoms with E-state index >= 15 is 0 Å². The summed E-state index contributed by atoms with van der Waals surface area (Å²) in [5.41, 5.74) is -0.371. The van der Waals surface area contributed by atoms with Gasteiger partial charge in [0.2, 0.25) is 5.03 Å². The van der Waals surface area contributed by atoms with Gasteiger partial charge in [-0.1, -0.05) is 11.6 Å². The van der Waals surface area contributed by atoms with E-state index in [0.717, 1.165) is 6.07 Å². The van der Waals surface area contributed by atoms with Crippen molar-refractivity contribution in [1.29, 1.82) is 0 Å². The fourth-order valence-electron chi connectivity index (χ4n) is 1.66. The van der Waals surface area contributed by atoms with Gasteiger partial charge < -0.3 is 9.30 Å². The van der Waals surface area contributed by atoms with Gasteiger partial charge in [0.25, 0.3) is 15.7 Å². The number of anilines is 1. The highest BCUT2D eigenvalue weighted by Crippen LogP contribution is 2.31. The molecule has 11 heteroatoms. The van der Waals surface area contributed by atoms with Gasteiger partial charge in [0.15, 0.2) is 0 Å². The van der Waals surface area contributed by atoms with E-state index in [1.807, 2.05) is 0 Å². The molecule has 2 aromatic rings. The monoisotopic (exact) mass is 346 g/mol. The molecule has 2 rings (SSSR count). The van der Waals surface area contributed by atoms with Crippen LogP contribution in [-0.2, 0) is 17.1 Å². The fraction of sp³-hybridized carbons (Fsp3) is 0.182. The number of aromatic nitrogens is 2. The molecule has 0 bridgehead atoms. The van der Waals surface area contributed by atoms with Crippen molar-refractivity contribution in [3.05, 3.63) is 39.8 Å². The van der Waals surface area contributed by atoms with E-state index in [1.165, 1.54) is 37.2 Å². The average molecular weight is 347 g/mol. The van der Waals surface area contributed by atoms with Crippen LogP contribution in [0.4, 0.5) is 11.4 Å². The predicted molar refractivity (Wildman–Crippen MR) is 78.7 cm³/mol. The number of hydrogen-bond acceptors (Lipinski definition) is 6. The molecule has 0 aliphatic rings. The lowest BCUT2D eigenvalue weighted by Crippen LogP contribution is -2.15. The minimum atomic E-state index is -4.11. The zero-order chi connectivity index (χ0) is 16.5. The molecule has 1 N–H and O–H groups in total. The molecular formula is C11H11ClN4O5S. The second-order valence-electron chi connectivity index (χ2n) is 4.20. The second-order valence-corrected chi connectivity index (χ2v) is 6.15. The van der Waals surface area contributed by atoms with Crippen molar-refractivity contribution in [3.63, 3.8) is 0 Å². The van der Waals surface area contributed by atoms with Crippen LogP contribution < -0.4 is 9.46 Å². The van der Waals surface area contributed by atoms with Gasteiger partial charge in [-0.3, -0.25) is 14.8 Å². The van der Waals surface area contributed by atoms with Crippen LogP contribution in [0.2, 0.25) is 5.15 Å². The Morgan fingerprint density at radius 1 is 1.45 bits per heavy atom. The van der Waals surface area contributed by atoms with E-state index in [2.05, 4.69) is 9.71 Å². The highest BCUT2D eigenvalue weighted by molar-refractivity contribution is 7.92. The van der Waals surface area contributed by atoms with Crippen molar-refractivity contribution in [2.45, 2.75) is 5.03 Å². The van der Waals surface area contributed by atoms with Crippen LogP contribution in [-0.4, -0.2) is 30.0 Å². The molecule has 0 spiro atoms. The Hall–Kier alpha value is -2.33. The number of nitro groups is 1. The number of sulfonamides is 1. The van der Waals surface area contributed by atoms with E-state index in [1.54, 1.807) is 0 Å². The van der Waals surface area contributed by atoms with Crippen LogP contribution in [0.25, 0.3) is 0 Å². The summed E-state index contributed by atoms with van der Waals surface area (Å²) in [7, 11) is -1.27. The first-order valence-corrected chi connectivity index (χ1v) is 7.64. The second kappa shape index (κ2) is 5.81. The quantitative estimate of drug-likeness (QED) is 0.651. The molecule has 9 nitrogen and oxygen atoms in total. The third kappa shape index (κ3) is 2.97. The van der Waals surface area contributed by atoms with Gasteiger partial charge in [0.1, 0.15) is 10.9 Å². The van der Waals surface area contributed by atoms with Gasteiger partial charge in [-0.25, -0.2) is 4.98 Å². The molecule has 0 amide bonds. The Labute approximate surface area is 130 Å². The number of rotatable bonds is 5. The van der Waals surface area contributed by atoms with Crippen molar-refractivity contribution in [1.82, 2.24) is 9.55 Å². The molecule has 0 aliphatic carbocycles. The number of aryl methyl sites for hydroxylation is 1. The lowest BCUT2D eigenvalue weighted by atomic mass is 10.2. The Morgan fingerprint density at radius 2 is 2.14 bits per heavy atom. The summed E-state index contributed by atoms with van der Waals surface area (Å²) in [6.45, 7) is 0. The van der Waals surface area contributed by atoms with Gasteiger partial charge >= 0.3 is 0 Å². The molecule has 1 heterocycles. The van der Waals surface area contributed by atoms with E-state index in [0.29, 0.717) is 0 Å². The number of nitro benzene ring substituents is 1. The lowest BCUT2D eigenvalue weighted by molar-refractivity contribution is -0.384. The first kappa shape index (κ1) is 16.0. The number of halogens is 1. The molecule has 0 atom stereocenters. The first-order chi connectivity index (χ1) is 10.3. The van der Waals surface area contributed by atoms with Gasteiger partial charge in [-0.15, -0.1) is 0 Å². The lowest BCUT2D eigenvalue weighted by Gasteiger charge is -2.10. The van der Waals surface area contributed by atoms with E-state index < -0.39 is 14.9 Å². The maximum atomic E-state index is 12.3. The smallest absolute Gasteiger partial charge is 0.282 e. The molecule has 0 saturated carbocycles. The third-order valence-corrected chi connectivity index (χ3v) is 4.58. The van der Waals surface area contributed by atoms with Crippen LogP contribution in [0.15, 0.2) is 29.6 Å². The maximum Gasteiger partial charge on any atom is 0.282 e. The predicted octanol–water partition coefficient (Wildman–Crippen LogP) is 1.79. The molecule has 1 aromatic carbocycles. The summed E-state index contributed by atoms with van der Waals surface area (Å²) in [6.07, 6.45) is 1.24. The van der Waals surface area contributed by atoms with Crippen molar-refractivity contribution in [2.75, 3.05) is 11.8 Å². The van der Waals surface area contributed by atoms with Crippen LogP contribution in [0.3, 0.4) is 0 Å². The summed E-state index contributed by atoms with van der Waals surface area (Å²) in [4.78, 5) is 13.9. The molecule has 0 unspecified atom stereocenters. The third-order valence-electron chi connectivity index (χ3n) is 2.73. The fourth-order valence-corrected chi connectivity index (χ4v) is 3.15. The number of hydrogen-bond donors (Lipinski definition) is 1. The Bertz CT molecular complexity index is 833. The molecular weight excluding hydrogens is 336 g/mol. The van der Waals surface area contributed by atoms with Crippen LogP contribution in [0.5, 0.6) is 5.75 Å². The summed E-state index contributed by atoms with van der Waals surface area (Å²) >= 11 is 5.86. The number of imidazole rings is 1. The SMILES string of the molecule is COc1ccc([N+](=O)[O-])cc1NS(=O)(=O)c1ncn(C)c1Cl. The molecule has 0 fully saturated rings. The highest BCUT2D eigenvalue weighted by Gasteiger charge is 2.24. The van der Waals surface area contributed by atoms with E-state index in [-0.39, 0.29) is 27.3 Å². The van der Waals surface area contributed by atoms with Crippen molar-refractivity contribution in [3.8, 4) is 5.75 Å². The van der Waals surface area contributed by atoms with Gasteiger partial charge in [-0.2, -0.15) is 8.42 Å². The Balaban J connectivity index is 2.47. The van der Waals surface area contributed by atoms with E-state index in [9.17, 15) is 18.5 Å². The molecule has 1 aromatic heterocycles. The largest absolute Gasteiger partial charge is 0.495 e. The first-order valence-electron chi connectivity index (χ1n) is 5.78. The number of nitrogens with one attached hydrogen (secondary N) is 1. The topological polar surface area (TPSA) is 116 Å². The van der Waals surface area contributed by atoms with Crippen molar-refractivity contribution < 1.29 is 18.1 Å². The molecule has 0 radical (unpaired) electrons. The molecule has 0 saturated heterocycles. The Kier molecular flexibility index (Phi) is 4.24. The molecule has 0 aliphatic heterocycles. The number of ether oxygens (including phenoxy) is 1. The average Bonchev–Trinajstić information content (AvgIpc) is 2.79. The number of non-ortho nitro benzene ring substituents is 1. The van der Waals surface area contributed by atoms with Crippen LogP contribution in [0, 0.1) is 10.1 Å². The van der Waals surface area contributed by atoms with Gasteiger partial charge in [0.05, 0.1) is 24.0 Å². The van der Waals surface area contributed by atoms with Crippen molar-refractivity contribution in [2.24, 2.45) is 7.05 Å². The van der Waals surface area contributed by atoms with E-state index in [4.69, 9.17) is 16.3 Å². The zero-order valence-electron chi connectivity index (χ0n) is 11.5.